The van der Waals surface area contributed by atoms with Crippen LogP contribution in [0.4, 0.5) is 0 Å². The zero-order chi connectivity index (χ0) is 12.0. The molecule has 88 valence electrons. The van der Waals surface area contributed by atoms with Gasteiger partial charge in [-0.05, 0) is 31.0 Å². The summed E-state index contributed by atoms with van der Waals surface area (Å²) in [5.41, 5.74) is 1.69. The fourth-order valence-electron chi connectivity index (χ4n) is 1.35. The molecule has 3 nitrogen and oxygen atoms in total. The molecule has 0 aliphatic carbocycles. The maximum absolute atomic E-state index is 11.8. The minimum absolute atomic E-state index is 0.0325. The van der Waals surface area contributed by atoms with Gasteiger partial charge in [-0.1, -0.05) is 22.0 Å². The molecule has 4 heteroatoms. The first kappa shape index (κ1) is 13.2. The molecule has 0 radical (unpaired) electrons. The van der Waals surface area contributed by atoms with Gasteiger partial charge in [-0.3, -0.25) is 4.79 Å². The van der Waals surface area contributed by atoms with Crippen molar-refractivity contribution < 1.29 is 9.53 Å². The van der Waals surface area contributed by atoms with Crippen molar-refractivity contribution in [2.75, 3.05) is 20.3 Å². The molecule has 1 N–H and O–H groups in total. The molecule has 0 aliphatic rings. The van der Waals surface area contributed by atoms with Gasteiger partial charge in [0.05, 0.1) is 0 Å². The molecule has 1 aromatic carbocycles. The Morgan fingerprint density at radius 1 is 1.50 bits per heavy atom. The number of benzene rings is 1. The van der Waals surface area contributed by atoms with E-state index in [0.717, 1.165) is 16.5 Å². The highest BCUT2D eigenvalue weighted by atomic mass is 79.9. The van der Waals surface area contributed by atoms with Crippen molar-refractivity contribution in [3.8, 4) is 0 Å². The molecule has 0 atom stereocenters. The predicted molar refractivity (Wildman–Crippen MR) is 67.7 cm³/mol. The van der Waals surface area contributed by atoms with Gasteiger partial charge in [0.1, 0.15) is 0 Å². The number of rotatable bonds is 5. The van der Waals surface area contributed by atoms with E-state index in [1.54, 1.807) is 7.11 Å². The van der Waals surface area contributed by atoms with E-state index in [0.29, 0.717) is 18.7 Å². The lowest BCUT2D eigenvalue weighted by molar-refractivity contribution is 0.0948. The van der Waals surface area contributed by atoms with Crippen LogP contribution in [0.1, 0.15) is 22.3 Å². The second-order valence-electron chi connectivity index (χ2n) is 3.56. The van der Waals surface area contributed by atoms with E-state index in [2.05, 4.69) is 21.2 Å². The van der Waals surface area contributed by atoms with Crippen LogP contribution < -0.4 is 5.32 Å². The Bertz CT molecular complexity index is 366. The Kier molecular flexibility index (Phi) is 5.49. The molecule has 1 amide bonds. The molecule has 0 unspecified atom stereocenters. The van der Waals surface area contributed by atoms with Gasteiger partial charge < -0.3 is 10.1 Å². The number of hydrogen-bond acceptors (Lipinski definition) is 2. The SMILES string of the molecule is COCCCNC(=O)c1cc(Br)ccc1C. The van der Waals surface area contributed by atoms with Gasteiger partial charge in [0.2, 0.25) is 0 Å². The van der Waals surface area contributed by atoms with Crippen molar-refractivity contribution in [1.82, 2.24) is 5.32 Å². The summed E-state index contributed by atoms with van der Waals surface area (Å²) >= 11 is 3.36. The lowest BCUT2D eigenvalue weighted by Crippen LogP contribution is -2.25. The molecule has 1 aromatic rings. The average molecular weight is 286 g/mol. The van der Waals surface area contributed by atoms with Crippen LogP contribution in [0.3, 0.4) is 0 Å². The lowest BCUT2D eigenvalue weighted by Gasteiger charge is -2.07. The third kappa shape index (κ3) is 3.94. The molecule has 0 aliphatic heterocycles. The maximum Gasteiger partial charge on any atom is 0.251 e. The number of methoxy groups -OCH3 is 1. The number of amides is 1. The normalized spacial score (nSPS) is 10.2. The molecule has 0 heterocycles. The minimum Gasteiger partial charge on any atom is -0.385 e. The van der Waals surface area contributed by atoms with Crippen LogP contribution in [0.25, 0.3) is 0 Å². The molecule has 0 bridgehead atoms. The highest BCUT2D eigenvalue weighted by molar-refractivity contribution is 9.10. The summed E-state index contributed by atoms with van der Waals surface area (Å²) in [6.45, 7) is 3.23. The summed E-state index contributed by atoms with van der Waals surface area (Å²) in [6, 6.07) is 5.69. The summed E-state index contributed by atoms with van der Waals surface area (Å²) in [5, 5.41) is 2.86. The van der Waals surface area contributed by atoms with Gasteiger partial charge in [0.25, 0.3) is 5.91 Å². The number of halogens is 1. The van der Waals surface area contributed by atoms with Gasteiger partial charge in [-0.15, -0.1) is 0 Å². The third-order valence-electron chi connectivity index (χ3n) is 2.26. The molecular formula is C12H16BrNO2. The van der Waals surface area contributed by atoms with Gasteiger partial charge in [0, 0.05) is 30.3 Å². The highest BCUT2D eigenvalue weighted by Gasteiger charge is 2.08. The van der Waals surface area contributed by atoms with Crippen molar-refractivity contribution in [2.24, 2.45) is 0 Å². The first-order chi connectivity index (χ1) is 7.65. The number of carbonyl (C=O) groups excluding carboxylic acids is 1. The Morgan fingerprint density at radius 2 is 2.25 bits per heavy atom. The molecule has 0 spiro atoms. The monoisotopic (exact) mass is 285 g/mol. The quantitative estimate of drug-likeness (QED) is 0.845. The predicted octanol–water partition coefficient (Wildman–Crippen LogP) is 2.52. The standard InChI is InChI=1S/C12H16BrNO2/c1-9-4-5-10(13)8-11(9)12(15)14-6-3-7-16-2/h4-5,8H,3,6-7H2,1-2H3,(H,14,15). The van der Waals surface area contributed by atoms with E-state index in [4.69, 9.17) is 4.74 Å². The van der Waals surface area contributed by atoms with E-state index in [9.17, 15) is 4.79 Å². The minimum atomic E-state index is -0.0325. The van der Waals surface area contributed by atoms with E-state index >= 15 is 0 Å². The zero-order valence-corrected chi connectivity index (χ0v) is 11.1. The number of nitrogens with one attached hydrogen (secondary N) is 1. The molecule has 16 heavy (non-hydrogen) atoms. The summed E-state index contributed by atoms with van der Waals surface area (Å²) in [5.74, 6) is -0.0325. The van der Waals surface area contributed by atoms with Gasteiger partial charge in [0.15, 0.2) is 0 Å². The van der Waals surface area contributed by atoms with Crippen LogP contribution in [0.5, 0.6) is 0 Å². The smallest absolute Gasteiger partial charge is 0.251 e. The number of carbonyl (C=O) groups is 1. The van der Waals surface area contributed by atoms with E-state index in [1.165, 1.54) is 0 Å². The lowest BCUT2D eigenvalue weighted by atomic mass is 10.1. The van der Waals surface area contributed by atoms with Crippen molar-refractivity contribution in [1.29, 1.82) is 0 Å². The molecule has 0 aromatic heterocycles. The average Bonchev–Trinajstić information content (AvgIpc) is 2.27. The molecule has 0 saturated carbocycles. The van der Waals surface area contributed by atoms with E-state index in [1.807, 2.05) is 25.1 Å². The first-order valence-electron chi connectivity index (χ1n) is 5.18. The second kappa shape index (κ2) is 6.66. The van der Waals surface area contributed by atoms with Gasteiger partial charge in [-0.25, -0.2) is 0 Å². The molecule has 0 fully saturated rings. The van der Waals surface area contributed by atoms with Crippen LogP contribution in [-0.2, 0) is 4.74 Å². The van der Waals surface area contributed by atoms with E-state index in [-0.39, 0.29) is 5.91 Å². The van der Waals surface area contributed by atoms with Gasteiger partial charge in [-0.2, -0.15) is 0 Å². The Morgan fingerprint density at radius 3 is 2.94 bits per heavy atom. The zero-order valence-electron chi connectivity index (χ0n) is 9.55. The van der Waals surface area contributed by atoms with Crippen molar-refractivity contribution in [3.05, 3.63) is 33.8 Å². The Hall–Kier alpha value is -0.870. The van der Waals surface area contributed by atoms with Crippen LogP contribution >= 0.6 is 15.9 Å². The fraction of sp³-hybridized carbons (Fsp3) is 0.417. The van der Waals surface area contributed by atoms with E-state index < -0.39 is 0 Å². The first-order valence-corrected chi connectivity index (χ1v) is 5.97. The number of aryl methyl sites for hydroxylation is 1. The van der Waals surface area contributed by atoms with Crippen LogP contribution in [-0.4, -0.2) is 26.2 Å². The Balaban J connectivity index is 2.55. The topological polar surface area (TPSA) is 38.3 Å². The molecule has 0 saturated heterocycles. The third-order valence-corrected chi connectivity index (χ3v) is 2.75. The largest absolute Gasteiger partial charge is 0.385 e. The summed E-state index contributed by atoms with van der Waals surface area (Å²) in [4.78, 5) is 11.8. The highest BCUT2D eigenvalue weighted by Crippen LogP contribution is 2.15. The van der Waals surface area contributed by atoms with Crippen molar-refractivity contribution >= 4 is 21.8 Å². The summed E-state index contributed by atoms with van der Waals surface area (Å²) in [6.07, 6.45) is 0.829. The van der Waals surface area contributed by atoms with Gasteiger partial charge >= 0.3 is 0 Å². The fourth-order valence-corrected chi connectivity index (χ4v) is 1.71. The molecular weight excluding hydrogens is 270 g/mol. The van der Waals surface area contributed by atoms with Crippen LogP contribution in [0, 0.1) is 6.92 Å². The Labute approximate surface area is 104 Å². The maximum atomic E-state index is 11.8. The van der Waals surface area contributed by atoms with Crippen molar-refractivity contribution in [3.63, 3.8) is 0 Å². The number of ether oxygens (including phenoxy) is 1. The summed E-state index contributed by atoms with van der Waals surface area (Å²) in [7, 11) is 1.65. The van der Waals surface area contributed by atoms with Crippen LogP contribution in [0.15, 0.2) is 22.7 Å². The molecule has 1 rings (SSSR count). The second-order valence-corrected chi connectivity index (χ2v) is 4.48. The van der Waals surface area contributed by atoms with Crippen molar-refractivity contribution in [2.45, 2.75) is 13.3 Å². The summed E-state index contributed by atoms with van der Waals surface area (Å²) < 4.78 is 5.83. The van der Waals surface area contributed by atoms with Crippen LogP contribution in [0.2, 0.25) is 0 Å². The number of hydrogen-bond donors (Lipinski definition) is 1.